The minimum absolute atomic E-state index is 0.232. The molecule has 1 heterocycles. The van der Waals surface area contributed by atoms with Crippen LogP contribution in [0.3, 0.4) is 0 Å². The van der Waals surface area contributed by atoms with Gasteiger partial charge < -0.3 is 4.42 Å². The van der Waals surface area contributed by atoms with Gasteiger partial charge in [0.1, 0.15) is 5.76 Å². The lowest BCUT2D eigenvalue weighted by Gasteiger charge is -2.00. The van der Waals surface area contributed by atoms with Gasteiger partial charge in [0, 0.05) is 5.92 Å². The summed E-state index contributed by atoms with van der Waals surface area (Å²) in [4.78, 5) is 3.78. The van der Waals surface area contributed by atoms with E-state index in [1.165, 1.54) is 0 Å². The summed E-state index contributed by atoms with van der Waals surface area (Å²) in [5, 5.41) is 0.232. The van der Waals surface area contributed by atoms with Gasteiger partial charge in [-0.15, -0.1) is 0 Å². The Labute approximate surface area is 65.2 Å². The Bertz CT molecular complexity index is 209. The smallest absolute Gasteiger partial charge is 0.292 e. The molecule has 0 saturated heterocycles. The van der Waals surface area contributed by atoms with Crippen LogP contribution in [0.15, 0.2) is 10.6 Å². The van der Waals surface area contributed by atoms with E-state index in [0.29, 0.717) is 5.92 Å². The van der Waals surface area contributed by atoms with E-state index >= 15 is 0 Å². The zero-order valence-electron chi connectivity index (χ0n) is 6.10. The average molecular weight is 160 g/mol. The van der Waals surface area contributed by atoms with Crippen LogP contribution in [0.2, 0.25) is 5.35 Å². The molecule has 2 nitrogen and oxygen atoms in total. The number of rotatable bonds is 2. The van der Waals surface area contributed by atoms with Crippen molar-refractivity contribution < 1.29 is 4.42 Å². The SMILES string of the molecule is CCC(C)c1cnc(Cl)o1. The molecule has 1 aromatic rings. The predicted octanol–water partition coefficient (Wildman–Crippen LogP) is 2.84. The maximum absolute atomic E-state index is 5.48. The number of hydrogen-bond acceptors (Lipinski definition) is 2. The van der Waals surface area contributed by atoms with Gasteiger partial charge in [0.15, 0.2) is 0 Å². The molecule has 1 rings (SSSR count). The minimum atomic E-state index is 0.232. The van der Waals surface area contributed by atoms with Crippen molar-refractivity contribution in [2.75, 3.05) is 0 Å². The quantitative estimate of drug-likeness (QED) is 0.663. The first-order valence-electron chi connectivity index (χ1n) is 3.35. The summed E-state index contributed by atoms with van der Waals surface area (Å²) in [6.07, 6.45) is 2.72. The summed E-state index contributed by atoms with van der Waals surface area (Å²) in [5.74, 6) is 1.28. The molecular formula is C7H10ClNO. The van der Waals surface area contributed by atoms with E-state index in [9.17, 15) is 0 Å². The lowest BCUT2D eigenvalue weighted by molar-refractivity contribution is 0.467. The molecule has 56 valence electrons. The van der Waals surface area contributed by atoms with Crippen LogP contribution in [0, 0.1) is 0 Å². The Hall–Kier alpha value is -0.500. The predicted molar refractivity (Wildman–Crippen MR) is 40.2 cm³/mol. The van der Waals surface area contributed by atoms with E-state index in [1.54, 1.807) is 6.20 Å². The molecule has 10 heavy (non-hydrogen) atoms. The third-order valence-electron chi connectivity index (χ3n) is 1.59. The van der Waals surface area contributed by atoms with E-state index in [0.717, 1.165) is 12.2 Å². The normalized spacial score (nSPS) is 13.5. The lowest BCUT2D eigenvalue weighted by Crippen LogP contribution is -1.86. The molecule has 0 fully saturated rings. The molecule has 0 spiro atoms. The van der Waals surface area contributed by atoms with Gasteiger partial charge in [-0.2, -0.15) is 0 Å². The Morgan fingerprint density at radius 2 is 2.50 bits per heavy atom. The molecule has 0 amide bonds. The molecule has 1 atom stereocenters. The highest BCUT2D eigenvalue weighted by Crippen LogP contribution is 2.20. The maximum Gasteiger partial charge on any atom is 0.292 e. The Kier molecular flexibility index (Phi) is 2.33. The molecular weight excluding hydrogens is 150 g/mol. The van der Waals surface area contributed by atoms with Gasteiger partial charge in [0.2, 0.25) is 0 Å². The van der Waals surface area contributed by atoms with Crippen LogP contribution in [-0.4, -0.2) is 4.98 Å². The van der Waals surface area contributed by atoms with Crippen LogP contribution in [0.25, 0.3) is 0 Å². The summed E-state index contributed by atoms with van der Waals surface area (Å²) in [7, 11) is 0. The van der Waals surface area contributed by atoms with Crippen molar-refractivity contribution in [3.8, 4) is 0 Å². The number of oxazole rings is 1. The molecule has 0 aromatic carbocycles. The van der Waals surface area contributed by atoms with Crippen molar-refractivity contribution in [1.82, 2.24) is 4.98 Å². The van der Waals surface area contributed by atoms with E-state index in [1.807, 2.05) is 0 Å². The summed E-state index contributed by atoms with van der Waals surface area (Å²) in [6, 6.07) is 0. The minimum Gasteiger partial charge on any atom is -0.433 e. The van der Waals surface area contributed by atoms with Crippen LogP contribution in [0.5, 0.6) is 0 Å². The topological polar surface area (TPSA) is 26.0 Å². The molecule has 1 aromatic heterocycles. The highest BCUT2D eigenvalue weighted by atomic mass is 35.5. The van der Waals surface area contributed by atoms with Crippen LogP contribution < -0.4 is 0 Å². The molecule has 0 bridgehead atoms. The van der Waals surface area contributed by atoms with Gasteiger partial charge in [-0.25, -0.2) is 4.98 Å². The van der Waals surface area contributed by atoms with Crippen LogP contribution >= 0.6 is 11.6 Å². The van der Waals surface area contributed by atoms with Crippen LogP contribution in [0.4, 0.5) is 0 Å². The molecule has 0 aliphatic carbocycles. The summed E-state index contributed by atoms with van der Waals surface area (Å²) >= 11 is 5.48. The first-order valence-corrected chi connectivity index (χ1v) is 3.73. The van der Waals surface area contributed by atoms with Gasteiger partial charge in [0.05, 0.1) is 6.20 Å². The molecule has 0 aliphatic heterocycles. The van der Waals surface area contributed by atoms with Crippen LogP contribution in [-0.2, 0) is 0 Å². The lowest BCUT2D eigenvalue weighted by atomic mass is 10.1. The maximum atomic E-state index is 5.48. The van der Waals surface area contributed by atoms with Gasteiger partial charge >= 0.3 is 0 Å². The second kappa shape index (κ2) is 3.06. The fourth-order valence-electron chi connectivity index (χ4n) is 0.693. The Morgan fingerprint density at radius 3 is 2.90 bits per heavy atom. The second-order valence-corrected chi connectivity index (χ2v) is 2.65. The van der Waals surface area contributed by atoms with E-state index in [-0.39, 0.29) is 5.35 Å². The number of nitrogens with zero attached hydrogens (tertiary/aromatic N) is 1. The number of halogens is 1. The highest BCUT2D eigenvalue weighted by molar-refractivity contribution is 6.27. The number of aromatic nitrogens is 1. The van der Waals surface area contributed by atoms with Crippen molar-refractivity contribution in [2.45, 2.75) is 26.2 Å². The van der Waals surface area contributed by atoms with Gasteiger partial charge in [0.25, 0.3) is 5.35 Å². The monoisotopic (exact) mass is 159 g/mol. The Morgan fingerprint density at radius 1 is 1.80 bits per heavy atom. The standard InChI is InChI=1S/C7H10ClNO/c1-3-5(2)6-4-9-7(8)10-6/h4-5H,3H2,1-2H3. The first-order chi connectivity index (χ1) is 4.74. The number of hydrogen-bond donors (Lipinski definition) is 0. The third-order valence-corrected chi connectivity index (χ3v) is 1.77. The fourth-order valence-corrected chi connectivity index (χ4v) is 0.831. The largest absolute Gasteiger partial charge is 0.433 e. The average Bonchev–Trinajstić information content (AvgIpc) is 2.34. The van der Waals surface area contributed by atoms with Crippen molar-refractivity contribution in [3.05, 3.63) is 17.3 Å². The molecule has 0 radical (unpaired) electrons. The molecule has 0 saturated carbocycles. The molecule has 3 heteroatoms. The third kappa shape index (κ3) is 1.51. The zero-order valence-corrected chi connectivity index (χ0v) is 6.85. The second-order valence-electron chi connectivity index (χ2n) is 2.32. The summed E-state index contributed by atoms with van der Waals surface area (Å²) in [5.41, 5.74) is 0. The fraction of sp³-hybridized carbons (Fsp3) is 0.571. The molecule has 0 N–H and O–H groups in total. The van der Waals surface area contributed by atoms with E-state index in [4.69, 9.17) is 16.0 Å². The van der Waals surface area contributed by atoms with Crippen molar-refractivity contribution >= 4 is 11.6 Å². The first kappa shape index (κ1) is 7.61. The molecule has 0 aliphatic rings. The summed E-state index contributed by atoms with van der Waals surface area (Å²) in [6.45, 7) is 4.18. The van der Waals surface area contributed by atoms with Gasteiger partial charge in [-0.05, 0) is 18.0 Å². The van der Waals surface area contributed by atoms with Crippen molar-refractivity contribution in [2.24, 2.45) is 0 Å². The van der Waals surface area contributed by atoms with E-state index < -0.39 is 0 Å². The van der Waals surface area contributed by atoms with Gasteiger partial charge in [-0.1, -0.05) is 13.8 Å². The van der Waals surface area contributed by atoms with Gasteiger partial charge in [-0.3, -0.25) is 0 Å². The highest BCUT2D eigenvalue weighted by Gasteiger charge is 2.07. The summed E-state index contributed by atoms with van der Waals surface area (Å²) < 4.78 is 5.09. The Balaban J connectivity index is 2.74. The van der Waals surface area contributed by atoms with Crippen LogP contribution in [0.1, 0.15) is 31.9 Å². The van der Waals surface area contributed by atoms with E-state index in [2.05, 4.69) is 18.8 Å². The van der Waals surface area contributed by atoms with Crippen molar-refractivity contribution in [3.63, 3.8) is 0 Å². The van der Waals surface area contributed by atoms with Crippen molar-refractivity contribution in [1.29, 1.82) is 0 Å². The molecule has 1 unspecified atom stereocenters. The zero-order chi connectivity index (χ0) is 7.56.